The third kappa shape index (κ3) is 0.830. The third-order valence-corrected chi connectivity index (χ3v) is 4.02. The van der Waals surface area contributed by atoms with Crippen molar-refractivity contribution < 1.29 is 14.7 Å². The Morgan fingerprint density at radius 3 is 2.36 bits per heavy atom. The smallest absolute Gasteiger partial charge is 0.307 e. The van der Waals surface area contributed by atoms with Gasteiger partial charge in [-0.15, -0.1) is 0 Å². The maximum atomic E-state index is 11.8. The highest BCUT2D eigenvalue weighted by atomic mass is 16.4. The Morgan fingerprint density at radius 1 is 1.50 bits per heavy atom. The summed E-state index contributed by atoms with van der Waals surface area (Å²) in [5, 5.41) is 9.05. The monoisotopic (exact) mass is 196 g/mol. The third-order valence-electron chi connectivity index (χ3n) is 4.02. The quantitative estimate of drug-likeness (QED) is 0.694. The molecule has 1 N–H and O–H groups in total. The molecule has 2 aliphatic carbocycles. The highest BCUT2D eigenvalue weighted by Crippen LogP contribution is 2.73. The fraction of sp³-hybridized carbons (Fsp3) is 0.818. The average Bonchev–Trinajstić information content (AvgIpc) is 2.59. The summed E-state index contributed by atoms with van der Waals surface area (Å²) in [6.45, 7) is 5.94. The molecule has 0 spiro atoms. The molecule has 2 saturated carbocycles. The van der Waals surface area contributed by atoms with E-state index in [1.807, 2.05) is 20.8 Å². The molecule has 0 aromatic rings. The van der Waals surface area contributed by atoms with Crippen molar-refractivity contribution in [3.63, 3.8) is 0 Å². The van der Waals surface area contributed by atoms with Crippen LogP contribution >= 0.6 is 0 Å². The predicted molar refractivity (Wildman–Crippen MR) is 50.7 cm³/mol. The SMILES string of the molecule is CC(C)(C)[C@@]12C(=O)CC[C@H]1[C@H]2C(=O)O. The second kappa shape index (κ2) is 2.38. The highest BCUT2D eigenvalue weighted by Gasteiger charge is 2.78. The van der Waals surface area contributed by atoms with Crippen molar-refractivity contribution >= 4 is 11.8 Å². The molecule has 3 nitrogen and oxygen atoms in total. The highest BCUT2D eigenvalue weighted by molar-refractivity contribution is 5.99. The minimum Gasteiger partial charge on any atom is -0.481 e. The van der Waals surface area contributed by atoms with Crippen LogP contribution in [0.3, 0.4) is 0 Å². The van der Waals surface area contributed by atoms with Gasteiger partial charge in [0.1, 0.15) is 5.78 Å². The number of Topliss-reactive ketones (excluding diaryl/α,β-unsaturated/α-hetero) is 1. The lowest BCUT2D eigenvalue weighted by Crippen LogP contribution is -2.32. The van der Waals surface area contributed by atoms with Crippen LogP contribution in [0.25, 0.3) is 0 Å². The van der Waals surface area contributed by atoms with Crippen molar-refractivity contribution in [1.82, 2.24) is 0 Å². The van der Waals surface area contributed by atoms with Gasteiger partial charge in [0.15, 0.2) is 0 Å². The van der Waals surface area contributed by atoms with Crippen molar-refractivity contribution in [2.45, 2.75) is 33.6 Å². The molecule has 0 unspecified atom stereocenters. The Bertz CT molecular complexity index is 313. The van der Waals surface area contributed by atoms with Gasteiger partial charge in [0.05, 0.1) is 11.3 Å². The minimum atomic E-state index is -0.794. The fourth-order valence-electron chi connectivity index (χ4n) is 3.54. The second-order valence-corrected chi connectivity index (χ2v) is 5.50. The normalized spacial score (nSPS) is 40.9. The topological polar surface area (TPSA) is 54.4 Å². The lowest BCUT2D eigenvalue weighted by molar-refractivity contribution is -0.143. The Kier molecular flexibility index (Phi) is 1.65. The zero-order chi connectivity index (χ0) is 10.7. The Hall–Kier alpha value is -0.860. The van der Waals surface area contributed by atoms with Crippen molar-refractivity contribution in [3.8, 4) is 0 Å². The molecular weight excluding hydrogens is 180 g/mol. The molecule has 0 aromatic carbocycles. The number of carboxylic acids is 1. The van der Waals surface area contributed by atoms with Crippen LogP contribution in [0.5, 0.6) is 0 Å². The predicted octanol–water partition coefficient (Wildman–Crippen LogP) is 1.71. The van der Waals surface area contributed by atoms with E-state index in [-0.39, 0.29) is 17.1 Å². The molecule has 2 fully saturated rings. The lowest BCUT2D eigenvalue weighted by Gasteiger charge is -2.29. The lowest BCUT2D eigenvalue weighted by atomic mass is 9.73. The van der Waals surface area contributed by atoms with E-state index in [2.05, 4.69) is 0 Å². The van der Waals surface area contributed by atoms with E-state index in [0.29, 0.717) is 6.42 Å². The summed E-state index contributed by atoms with van der Waals surface area (Å²) in [7, 11) is 0. The maximum Gasteiger partial charge on any atom is 0.307 e. The molecule has 0 aliphatic heterocycles. The molecular formula is C11H16O3. The summed E-state index contributed by atoms with van der Waals surface area (Å²) < 4.78 is 0. The molecule has 3 heteroatoms. The van der Waals surface area contributed by atoms with E-state index in [0.717, 1.165) is 6.42 Å². The summed E-state index contributed by atoms with van der Waals surface area (Å²) in [6, 6.07) is 0. The number of hydrogen-bond acceptors (Lipinski definition) is 2. The molecule has 14 heavy (non-hydrogen) atoms. The van der Waals surface area contributed by atoms with Crippen molar-refractivity contribution in [2.75, 3.05) is 0 Å². The molecule has 78 valence electrons. The first-order valence-electron chi connectivity index (χ1n) is 5.09. The van der Waals surface area contributed by atoms with Gasteiger partial charge in [-0.2, -0.15) is 0 Å². The van der Waals surface area contributed by atoms with Crippen molar-refractivity contribution in [1.29, 1.82) is 0 Å². The molecule has 2 rings (SSSR count). The molecule has 0 aromatic heterocycles. The van der Waals surface area contributed by atoms with Crippen LogP contribution in [0.15, 0.2) is 0 Å². The number of carbonyl (C=O) groups excluding carboxylic acids is 1. The Balaban J connectivity index is 2.41. The fourth-order valence-corrected chi connectivity index (χ4v) is 3.54. The molecule has 0 saturated heterocycles. The van der Waals surface area contributed by atoms with Gasteiger partial charge in [0.25, 0.3) is 0 Å². The summed E-state index contributed by atoms with van der Waals surface area (Å²) >= 11 is 0. The Morgan fingerprint density at radius 2 is 2.07 bits per heavy atom. The summed E-state index contributed by atoms with van der Waals surface area (Å²) in [5.41, 5.74) is -0.757. The minimum absolute atomic E-state index is 0.104. The zero-order valence-electron chi connectivity index (χ0n) is 8.83. The van der Waals surface area contributed by atoms with Gasteiger partial charge in [0, 0.05) is 6.42 Å². The van der Waals surface area contributed by atoms with Crippen LogP contribution in [0.1, 0.15) is 33.6 Å². The van der Waals surface area contributed by atoms with E-state index >= 15 is 0 Å². The summed E-state index contributed by atoms with van der Waals surface area (Å²) in [4.78, 5) is 22.9. The number of aliphatic carboxylic acids is 1. The second-order valence-electron chi connectivity index (χ2n) is 5.50. The van der Waals surface area contributed by atoms with Crippen LogP contribution in [-0.4, -0.2) is 16.9 Å². The van der Waals surface area contributed by atoms with Gasteiger partial charge in [-0.05, 0) is 17.8 Å². The average molecular weight is 196 g/mol. The van der Waals surface area contributed by atoms with E-state index in [4.69, 9.17) is 5.11 Å². The number of carbonyl (C=O) groups is 2. The van der Waals surface area contributed by atoms with Gasteiger partial charge < -0.3 is 5.11 Å². The molecule has 0 bridgehead atoms. The van der Waals surface area contributed by atoms with Gasteiger partial charge in [0.2, 0.25) is 0 Å². The number of ketones is 1. The van der Waals surface area contributed by atoms with Crippen LogP contribution in [-0.2, 0) is 9.59 Å². The molecule has 0 radical (unpaired) electrons. The van der Waals surface area contributed by atoms with E-state index in [9.17, 15) is 9.59 Å². The van der Waals surface area contributed by atoms with E-state index in [1.165, 1.54) is 0 Å². The van der Waals surface area contributed by atoms with Crippen molar-refractivity contribution in [3.05, 3.63) is 0 Å². The Labute approximate surface area is 83.5 Å². The number of carboxylic acid groups (broad SMARTS) is 1. The first-order valence-corrected chi connectivity index (χ1v) is 5.09. The van der Waals surface area contributed by atoms with Gasteiger partial charge >= 0.3 is 5.97 Å². The number of hydrogen-bond donors (Lipinski definition) is 1. The molecule has 0 heterocycles. The van der Waals surface area contributed by atoms with Gasteiger partial charge in [-0.25, -0.2) is 0 Å². The first kappa shape index (κ1) is 9.69. The van der Waals surface area contributed by atoms with Gasteiger partial charge in [-0.1, -0.05) is 20.8 Å². The largest absolute Gasteiger partial charge is 0.481 e. The van der Waals surface area contributed by atoms with E-state index in [1.54, 1.807) is 0 Å². The van der Waals surface area contributed by atoms with Crippen LogP contribution in [0.4, 0.5) is 0 Å². The number of rotatable bonds is 1. The standard InChI is InChI=1S/C11H16O3/c1-10(2,3)11-6(4-5-7(11)12)8(11)9(13)14/h6,8H,4-5H2,1-3H3,(H,13,14)/t6-,8-,11+/m0/s1. The zero-order valence-corrected chi connectivity index (χ0v) is 8.83. The van der Waals surface area contributed by atoms with Crippen molar-refractivity contribution in [2.24, 2.45) is 22.7 Å². The van der Waals surface area contributed by atoms with E-state index < -0.39 is 17.3 Å². The molecule has 3 atom stereocenters. The van der Waals surface area contributed by atoms with Crippen LogP contribution in [0.2, 0.25) is 0 Å². The van der Waals surface area contributed by atoms with Crippen LogP contribution < -0.4 is 0 Å². The summed E-state index contributed by atoms with van der Waals surface area (Å²) in [5.74, 6) is -0.934. The first-order chi connectivity index (χ1) is 6.33. The van der Waals surface area contributed by atoms with Gasteiger partial charge in [-0.3, -0.25) is 9.59 Å². The summed E-state index contributed by atoms with van der Waals surface area (Å²) in [6.07, 6.45) is 1.35. The van der Waals surface area contributed by atoms with Crippen LogP contribution in [0, 0.1) is 22.7 Å². The molecule has 0 amide bonds. The molecule has 2 aliphatic rings. The number of fused-ring (bicyclic) bond motifs is 1. The maximum absolute atomic E-state index is 11.8.